The summed E-state index contributed by atoms with van der Waals surface area (Å²) < 4.78 is 5.11. The van der Waals surface area contributed by atoms with Crippen LogP contribution in [0.15, 0.2) is 18.2 Å². The van der Waals surface area contributed by atoms with Crippen molar-refractivity contribution in [3.8, 4) is 5.75 Å². The molecule has 0 aliphatic carbocycles. The number of benzene rings is 1. The van der Waals surface area contributed by atoms with Gasteiger partial charge in [0.15, 0.2) is 6.61 Å². The van der Waals surface area contributed by atoms with Crippen LogP contribution >= 0.6 is 0 Å². The fourth-order valence-electron chi connectivity index (χ4n) is 1.78. The van der Waals surface area contributed by atoms with Crippen molar-refractivity contribution in [1.29, 1.82) is 0 Å². The highest BCUT2D eigenvalue weighted by atomic mass is 16.5. The third-order valence-corrected chi connectivity index (χ3v) is 2.54. The van der Waals surface area contributed by atoms with Gasteiger partial charge in [-0.05, 0) is 30.2 Å². The second kappa shape index (κ2) is 3.81. The summed E-state index contributed by atoms with van der Waals surface area (Å²) in [6.07, 6.45) is 0.996. The number of ether oxygens (including phenoxy) is 1. The van der Waals surface area contributed by atoms with Crippen LogP contribution in [0.5, 0.6) is 5.75 Å². The van der Waals surface area contributed by atoms with E-state index in [0.717, 1.165) is 13.0 Å². The maximum atomic E-state index is 10.3. The Labute approximate surface area is 88.1 Å². The lowest BCUT2D eigenvalue weighted by atomic mass is 10.1. The fraction of sp³-hybridized carbons (Fsp3) is 0.364. The minimum atomic E-state index is -0.951. The molecule has 0 radical (unpaired) electrons. The summed E-state index contributed by atoms with van der Waals surface area (Å²) in [6.45, 7) is 0.729. The van der Waals surface area contributed by atoms with E-state index in [4.69, 9.17) is 9.84 Å². The van der Waals surface area contributed by atoms with Crippen LogP contribution in [0.25, 0.3) is 0 Å². The van der Waals surface area contributed by atoms with Gasteiger partial charge in [-0.2, -0.15) is 0 Å². The van der Waals surface area contributed by atoms with Gasteiger partial charge in [0.25, 0.3) is 0 Å². The molecule has 2 rings (SSSR count). The molecule has 0 spiro atoms. The minimum absolute atomic E-state index is 0.283. The first-order valence-corrected chi connectivity index (χ1v) is 4.85. The molecule has 80 valence electrons. The van der Waals surface area contributed by atoms with Crippen molar-refractivity contribution in [1.82, 2.24) is 0 Å². The molecule has 0 unspecified atom stereocenters. The molecule has 0 atom stereocenters. The summed E-state index contributed by atoms with van der Waals surface area (Å²) in [4.78, 5) is 12.5. The molecule has 1 aromatic rings. The predicted octanol–water partition coefficient (Wildman–Crippen LogP) is 1.14. The van der Waals surface area contributed by atoms with Crippen molar-refractivity contribution in [3.63, 3.8) is 0 Å². The number of hydrogen-bond donors (Lipinski definition) is 1. The molecular weight excluding hydrogens is 194 g/mol. The zero-order chi connectivity index (χ0) is 10.8. The van der Waals surface area contributed by atoms with Crippen LogP contribution in [-0.4, -0.2) is 31.3 Å². The van der Waals surface area contributed by atoms with E-state index >= 15 is 0 Å². The molecule has 0 saturated heterocycles. The SMILES string of the molecule is CN1CCc2cc(OCC(=O)O)ccc21. The van der Waals surface area contributed by atoms with Gasteiger partial charge in [-0.25, -0.2) is 4.79 Å². The summed E-state index contributed by atoms with van der Waals surface area (Å²) in [5, 5.41) is 8.48. The first-order chi connectivity index (χ1) is 7.16. The largest absolute Gasteiger partial charge is 0.482 e. The topological polar surface area (TPSA) is 49.8 Å². The average Bonchev–Trinajstić information content (AvgIpc) is 2.57. The predicted molar refractivity (Wildman–Crippen MR) is 56.5 cm³/mol. The van der Waals surface area contributed by atoms with Gasteiger partial charge >= 0.3 is 5.97 Å². The molecular formula is C11H13NO3. The zero-order valence-corrected chi connectivity index (χ0v) is 8.56. The van der Waals surface area contributed by atoms with Crippen LogP contribution in [0.2, 0.25) is 0 Å². The zero-order valence-electron chi connectivity index (χ0n) is 8.56. The Balaban J connectivity index is 2.12. The van der Waals surface area contributed by atoms with E-state index in [1.165, 1.54) is 11.3 Å². The monoisotopic (exact) mass is 207 g/mol. The molecule has 0 fully saturated rings. The van der Waals surface area contributed by atoms with Crippen LogP contribution < -0.4 is 9.64 Å². The Bertz CT molecular complexity index is 389. The minimum Gasteiger partial charge on any atom is -0.482 e. The fourth-order valence-corrected chi connectivity index (χ4v) is 1.78. The van der Waals surface area contributed by atoms with Crippen LogP contribution in [-0.2, 0) is 11.2 Å². The molecule has 0 saturated carbocycles. The normalized spacial score (nSPS) is 13.8. The van der Waals surface area contributed by atoms with Gasteiger partial charge in [0.1, 0.15) is 5.75 Å². The number of hydrogen-bond acceptors (Lipinski definition) is 3. The maximum absolute atomic E-state index is 10.3. The maximum Gasteiger partial charge on any atom is 0.341 e. The van der Waals surface area contributed by atoms with E-state index in [9.17, 15) is 4.79 Å². The van der Waals surface area contributed by atoms with Crippen molar-refractivity contribution >= 4 is 11.7 Å². The third kappa shape index (κ3) is 2.03. The smallest absolute Gasteiger partial charge is 0.341 e. The van der Waals surface area contributed by atoms with E-state index in [-0.39, 0.29) is 6.61 Å². The van der Waals surface area contributed by atoms with Crippen LogP contribution in [0.3, 0.4) is 0 Å². The highest BCUT2D eigenvalue weighted by Crippen LogP contribution is 2.29. The number of carboxylic acid groups (broad SMARTS) is 1. The molecule has 1 heterocycles. The van der Waals surface area contributed by atoms with Gasteiger partial charge < -0.3 is 14.7 Å². The number of likely N-dealkylation sites (N-methyl/N-ethyl adjacent to an activating group) is 1. The standard InChI is InChI=1S/C11H13NO3/c1-12-5-4-8-6-9(2-3-10(8)12)15-7-11(13)14/h2-3,6H,4-5,7H2,1H3,(H,13,14). The summed E-state index contributed by atoms with van der Waals surface area (Å²) in [5.41, 5.74) is 2.43. The first-order valence-electron chi connectivity index (χ1n) is 4.85. The molecule has 4 heteroatoms. The van der Waals surface area contributed by atoms with Crippen molar-refractivity contribution in [2.24, 2.45) is 0 Å². The average molecular weight is 207 g/mol. The number of carboxylic acids is 1. The summed E-state index contributed by atoms with van der Waals surface area (Å²) in [6, 6.07) is 5.70. The van der Waals surface area contributed by atoms with Gasteiger partial charge in [0.05, 0.1) is 0 Å². The molecule has 1 aliphatic rings. The molecule has 1 aliphatic heterocycles. The van der Waals surface area contributed by atoms with Gasteiger partial charge in [-0.15, -0.1) is 0 Å². The van der Waals surface area contributed by atoms with Crippen molar-refractivity contribution in [2.75, 3.05) is 25.1 Å². The van der Waals surface area contributed by atoms with Gasteiger partial charge in [-0.3, -0.25) is 0 Å². The Hall–Kier alpha value is -1.71. The van der Waals surface area contributed by atoms with E-state index in [0.29, 0.717) is 5.75 Å². The lowest BCUT2D eigenvalue weighted by Crippen LogP contribution is -2.12. The summed E-state index contributed by atoms with van der Waals surface area (Å²) >= 11 is 0. The van der Waals surface area contributed by atoms with E-state index in [1.54, 1.807) is 0 Å². The van der Waals surface area contributed by atoms with Crippen LogP contribution in [0, 0.1) is 0 Å². The van der Waals surface area contributed by atoms with Crippen LogP contribution in [0.1, 0.15) is 5.56 Å². The Kier molecular flexibility index (Phi) is 2.49. The van der Waals surface area contributed by atoms with Crippen molar-refractivity contribution in [2.45, 2.75) is 6.42 Å². The number of nitrogens with zero attached hydrogens (tertiary/aromatic N) is 1. The van der Waals surface area contributed by atoms with Crippen molar-refractivity contribution in [3.05, 3.63) is 23.8 Å². The van der Waals surface area contributed by atoms with Crippen molar-refractivity contribution < 1.29 is 14.6 Å². The summed E-state index contributed by atoms with van der Waals surface area (Å²) in [5.74, 6) is -0.320. The number of fused-ring (bicyclic) bond motifs is 1. The second-order valence-electron chi connectivity index (χ2n) is 3.64. The second-order valence-corrected chi connectivity index (χ2v) is 3.64. The highest BCUT2D eigenvalue weighted by Gasteiger charge is 2.15. The molecule has 15 heavy (non-hydrogen) atoms. The highest BCUT2D eigenvalue weighted by molar-refractivity contribution is 5.68. The lowest BCUT2D eigenvalue weighted by molar-refractivity contribution is -0.139. The number of rotatable bonds is 3. The van der Waals surface area contributed by atoms with Gasteiger partial charge in [0.2, 0.25) is 0 Å². The van der Waals surface area contributed by atoms with Gasteiger partial charge in [-0.1, -0.05) is 0 Å². The Morgan fingerprint density at radius 1 is 1.60 bits per heavy atom. The number of aliphatic carboxylic acids is 1. The lowest BCUT2D eigenvalue weighted by Gasteiger charge is -2.12. The van der Waals surface area contributed by atoms with E-state index < -0.39 is 5.97 Å². The molecule has 0 amide bonds. The first kappa shape index (κ1) is 9.83. The Morgan fingerprint density at radius 2 is 2.40 bits per heavy atom. The van der Waals surface area contributed by atoms with Crippen LogP contribution in [0.4, 0.5) is 5.69 Å². The van der Waals surface area contributed by atoms with E-state index in [1.807, 2.05) is 25.2 Å². The molecule has 0 aromatic heterocycles. The molecule has 1 N–H and O–H groups in total. The molecule has 4 nitrogen and oxygen atoms in total. The van der Waals surface area contributed by atoms with E-state index in [2.05, 4.69) is 4.90 Å². The van der Waals surface area contributed by atoms with Gasteiger partial charge in [0, 0.05) is 19.3 Å². The summed E-state index contributed by atoms with van der Waals surface area (Å²) in [7, 11) is 2.05. The molecule has 1 aromatic carbocycles. The molecule has 0 bridgehead atoms. The number of carbonyl (C=O) groups is 1. The Morgan fingerprint density at radius 3 is 3.13 bits per heavy atom. The third-order valence-electron chi connectivity index (χ3n) is 2.54. The number of anilines is 1. The quantitative estimate of drug-likeness (QED) is 0.807.